The van der Waals surface area contributed by atoms with Crippen LogP contribution in [0.25, 0.3) is 22.4 Å². The Labute approximate surface area is 240 Å². The second-order valence-electron chi connectivity index (χ2n) is 11.8. The maximum Gasteiger partial charge on any atom is 0.361 e. The van der Waals surface area contributed by atoms with Crippen molar-refractivity contribution in [1.82, 2.24) is 19.8 Å². The molecule has 0 spiro atoms. The molecule has 2 aliphatic heterocycles. The maximum absolute atomic E-state index is 13.2. The smallest absolute Gasteiger partial charge is 0.327 e. The topological polar surface area (TPSA) is 68.6 Å². The monoisotopic (exact) mass is 566 g/mol. The Morgan fingerprint density at radius 2 is 1.73 bits per heavy atom. The number of nitrogens with one attached hydrogen (secondary N) is 1. The average Bonchev–Trinajstić information content (AvgIpc) is 3.30. The molecule has 2 saturated heterocycles. The van der Waals surface area contributed by atoms with Crippen molar-refractivity contribution in [1.29, 1.82) is 0 Å². The van der Waals surface area contributed by atoms with Gasteiger partial charge in [0, 0.05) is 24.7 Å². The summed E-state index contributed by atoms with van der Waals surface area (Å²) in [5.74, 6) is 2.12. The molecule has 2 aromatic carbocycles. The van der Waals surface area contributed by atoms with Gasteiger partial charge < -0.3 is 18.9 Å². The van der Waals surface area contributed by atoms with Gasteiger partial charge in [0.2, 0.25) is 0 Å². The van der Waals surface area contributed by atoms with Crippen LogP contribution in [-0.4, -0.2) is 59.4 Å². The van der Waals surface area contributed by atoms with Gasteiger partial charge in [0.05, 0.1) is 29.6 Å². The minimum absolute atomic E-state index is 0.334. The molecule has 218 valence electrons. The Bertz CT molecular complexity index is 1340. The Morgan fingerprint density at radius 3 is 2.35 bits per heavy atom. The summed E-state index contributed by atoms with van der Waals surface area (Å²) < 4.78 is 26.5. The molecule has 0 saturated carbocycles. The molecule has 1 unspecified atom stereocenters. The highest BCUT2D eigenvalue weighted by Crippen LogP contribution is 2.47. The van der Waals surface area contributed by atoms with Crippen LogP contribution < -0.4 is 10.6 Å². The summed E-state index contributed by atoms with van der Waals surface area (Å²) in [7, 11) is -1.21. The molecule has 2 fully saturated rings. The molecule has 1 aromatic heterocycles. The van der Waals surface area contributed by atoms with Gasteiger partial charge in [-0.3, -0.25) is 9.46 Å². The lowest BCUT2D eigenvalue weighted by molar-refractivity contribution is 0.0431. The standard InChI is InChI=1S/C32H47N4O3P/c1-7-38-40(37,39-8-2)28-11-9-24(10-12-28)32-34-31-23(5)19-26(21-30(31)35(32)6)25-15-18-36(29(20-25)22(3)4)27-13-16-33-17-14-27/h9-12,19,21-22,25,27,29,33H,7-8,13-18,20H2,1-6H3/t25?,29-/m1/s1. The fourth-order valence-corrected chi connectivity index (χ4v) is 8.43. The van der Waals surface area contributed by atoms with E-state index in [0.717, 1.165) is 36.0 Å². The zero-order chi connectivity index (χ0) is 28.4. The number of aryl methyl sites for hydroxylation is 2. The summed E-state index contributed by atoms with van der Waals surface area (Å²) in [6, 6.07) is 13.8. The molecule has 5 rings (SSSR count). The van der Waals surface area contributed by atoms with E-state index in [4.69, 9.17) is 14.0 Å². The number of benzene rings is 2. The summed E-state index contributed by atoms with van der Waals surface area (Å²) in [6.07, 6.45) is 4.97. The predicted octanol–water partition coefficient (Wildman–Crippen LogP) is 6.40. The number of nitrogens with zero attached hydrogens (tertiary/aromatic N) is 3. The number of piperidine rings is 2. The lowest BCUT2D eigenvalue weighted by Gasteiger charge is -2.47. The van der Waals surface area contributed by atoms with Crippen LogP contribution in [0, 0.1) is 12.8 Å². The van der Waals surface area contributed by atoms with Crippen molar-refractivity contribution in [2.24, 2.45) is 13.0 Å². The zero-order valence-corrected chi connectivity index (χ0v) is 26.0. The van der Waals surface area contributed by atoms with E-state index in [1.165, 1.54) is 48.9 Å². The Morgan fingerprint density at radius 1 is 1.05 bits per heavy atom. The number of imidazole rings is 1. The van der Waals surface area contributed by atoms with Crippen molar-refractivity contribution in [3.05, 3.63) is 47.5 Å². The van der Waals surface area contributed by atoms with Gasteiger partial charge in [-0.05, 0) is 107 Å². The quantitative estimate of drug-likeness (QED) is 0.303. The second kappa shape index (κ2) is 12.5. The molecule has 3 aromatic rings. The first kappa shape index (κ1) is 29.5. The molecule has 0 radical (unpaired) electrons. The molecule has 3 heterocycles. The maximum atomic E-state index is 13.2. The minimum Gasteiger partial charge on any atom is -0.327 e. The van der Waals surface area contributed by atoms with Crippen LogP contribution in [0.1, 0.15) is 70.4 Å². The largest absolute Gasteiger partial charge is 0.361 e. The summed E-state index contributed by atoms with van der Waals surface area (Å²) >= 11 is 0. The number of rotatable bonds is 9. The van der Waals surface area contributed by atoms with Crippen LogP contribution >= 0.6 is 7.60 Å². The van der Waals surface area contributed by atoms with E-state index in [-0.39, 0.29) is 0 Å². The van der Waals surface area contributed by atoms with Gasteiger partial charge in [-0.25, -0.2) is 4.98 Å². The van der Waals surface area contributed by atoms with Gasteiger partial charge in [-0.2, -0.15) is 0 Å². The first-order chi connectivity index (χ1) is 19.3. The molecule has 40 heavy (non-hydrogen) atoms. The van der Waals surface area contributed by atoms with E-state index in [9.17, 15) is 4.57 Å². The molecule has 2 aliphatic rings. The van der Waals surface area contributed by atoms with E-state index in [2.05, 4.69) is 54.7 Å². The summed E-state index contributed by atoms with van der Waals surface area (Å²) in [4.78, 5) is 7.91. The van der Waals surface area contributed by atoms with Crippen molar-refractivity contribution in [3.8, 4) is 11.4 Å². The van der Waals surface area contributed by atoms with Crippen LogP contribution in [-0.2, 0) is 20.7 Å². The number of hydrogen-bond acceptors (Lipinski definition) is 6. The Hall–Kier alpha value is -2.02. The van der Waals surface area contributed by atoms with Crippen molar-refractivity contribution in [2.75, 3.05) is 32.8 Å². The third-order valence-corrected chi connectivity index (χ3v) is 11.1. The normalized spacial score (nSPS) is 21.5. The third kappa shape index (κ3) is 5.82. The summed E-state index contributed by atoms with van der Waals surface area (Å²) in [6.45, 7) is 14.8. The molecular weight excluding hydrogens is 519 g/mol. The van der Waals surface area contributed by atoms with E-state index in [1.54, 1.807) is 0 Å². The van der Waals surface area contributed by atoms with Crippen molar-refractivity contribution < 1.29 is 13.6 Å². The van der Waals surface area contributed by atoms with Crippen LogP contribution in [0.2, 0.25) is 0 Å². The molecule has 1 N–H and O–H groups in total. The number of likely N-dealkylation sites (tertiary alicyclic amines) is 1. The molecule has 7 nitrogen and oxygen atoms in total. The lowest BCUT2D eigenvalue weighted by Crippen LogP contribution is -2.53. The van der Waals surface area contributed by atoms with Gasteiger partial charge in [-0.1, -0.05) is 32.0 Å². The average molecular weight is 567 g/mol. The Balaban J connectivity index is 1.41. The van der Waals surface area contributed by atoms with Gasteiger partial charge in [0.25, 0.3) is 0 Å². The van der Waals surface area contributed by atoms with E-state index >= 15 is 0 Å². The highest BCUT2D eigenvalue weighted by atomic mass is 31.2. The van der Waals surface area contributed by atoms with Gasteiger partial charge in [-0.15, -0.1) is 0 Å². The van der Waals surface area contributed by atoms with Crippen molar-refractivity contribution >= 4 is 23.9 Å². The molecule has 0 bridgehead atoms. The van der Waals surface area contributed by atoms with Crippen LogP contribution in [0.3, 0.4) is 0 Å². The number of hydrogen-bond donors (Lipinski definition) is 1. The Kier molecular flexibility index (Phi) is 9.18. The highest BCUT2D eigenvalue weighted by molar-refractivity contribution is 7.62. The van der Waals surface area contributed by atoms with Crippen LogP contribution in [0.5, 0.6) is 0 Å². The van der Waals surface area contributed by atoms with Gasteiger partial charge >= 0.3 is 7.60 Å². The first-order valence-electron chi connectivity index (χ1n) is 15.2. The number of aromatic nitrogens is 2. The molecule has 0 aliphatic carbocycles. The first-order valence-corrected chi connectivity index (χ1v) is 16.7. The summed E-state index contributed by atoms with van der Waals surface area (Å²) in [5.41, 5.74) is 5.88. The lowest BCUT2D eigenvalue weighted by atomic mass is 9.79. The van der Waals surface area contributed by atoms with E-state index in [0.29, 0.717) is 36.4 Å². The zero-order valence-electron chi connectivity index (χ0n) is 25.2. The van der Waals surface area contributed by atoms with E-state index < -0.39 is 7.60 Å². The third-order valence-electron chi connectivity index (χ3n) is 8.95. The fourth-order valence-electron chi connectivity index (χ4n) is 6.86. The molecule has 0 amide bonds. The minimum atomic E-state index is -3.31. The van der Waals surface area contributed by atoms with Crippen molar-refractivity contribution in [3.63, 3.8) is 0 Å². The number of fused-ring (bicyclic) bond motifs is 1. The fraction of sp³-hybridized carbons (Fsp3) is 0.594. The van der Waals surface area contributed by atoms with Crippen molar-refractivity contribution in [2.45, 2.75) is 78.3 Å². The van der Waals surface area contributed by atoms with Crippen LogP contribution in [0.15, 0.2) is 36.4 Å². The SMILES string of the molecule is CCOP(=O)(OCC)c1ccc(-c2nc3c(C)cc(C4CCN(C5CCNCC5)[C@@H](C(C)C)C4)cc3n2C)cc1. The summed E-state index contributed by atoms with van der Waals surface area (Å²) in [5, 5.41) is 4.11. The molecule has 8 heteroatoms. The highest BCUT2D eigenvalue weighted by Gasteiger charge is 2.36. The molecule has 2 atom stereocenters. The second-order valence-corrected chi connectivity index (χ2v) is 13.9. The van der Waals surface area contributed by atoms with E-state index in [1.807, 2.05) is 38.1 Å². The molecular formula is C32H47N4O3P. The van der Waals surface area contributed by atoms with Crippen LogP contribution in [0.4, 0.5) is 0 Å². The predicted molar refractivity (Wildman–Crippen MR) is 165 cm³/mol. The van der Waals surface area contributed by atoms with Gasteiger partial charge in [0.1, 0.15) is 5.82 Å². The van der Waals surface area contributed by atoms with Gasteiger partial charge in [0.15, 0.2) is 0 Å².